The molecule has 2 heterocycles. The molecule has 7 heteroatoms. The van der Waals surface area contributed by atoms with E-state index < -0.39 is 11.5 Å². The number of rotatable bonds is 2. The van der Waals surface area contributed by atoms with Gasteiger partial charge in [0, 0.05) is 22.5 Å². The Morgan fingerprint density at radius 3 is 2.62 bits per heavy atom. The second-order valence-electron chi connectivity index (χ2n) is 4.56. The number of carbonyl (C=O) groups is 1. The first kappa shape index (κ1) is 13.4. The first-order valence-electron chi connectivity index (χ1n) is 6.08. The van der Waals surface area contributed by atoms with Crippen molar-refractivity contribution in [1.82, 2.24) is 14.6 Å². The molecule has 2 N–H and O–H groups in total. The molecule has 0 bridgehead atoms. The third-order valence-corrected chi connectivity index (χ3v) is 3.45. The topological polar surface area (TPSA) is 87.5 Å². The summed E-state index contributed by atoms with van der Waals surface area (Å²) in [6, 6.07) is 7.11. The van der Waals surface area contributed by atoms with E-state index in [0.717, 1.165) is 21.8 Å². The minimum Gasteiger partial charge on any atom is -0.477 e. The average molecular weight is 304 g/mol. The summed E-state index contributed by atoms with van der Waals surface area (Å²) in [5.41, 5.74) is 1.65. The molecule has 3 aromatic rings. The van der Waals surface area contributed by atoms with Crippen LogP contribution in [0.2, 0.25) is 5.02 Å². The standard InChI is InChI=1S/C14H10ClN3O3/c1-7-11(8-2-4-9(15)5-3-8)12-16-6-10(14(20)21)13(19)18(12)17-7/h2-6,17H,1H3,(H,20,21). The predicted molar refractivity (Wildman–Crippen MR) is 78.0 cm³/mol. The number of aromatic nitrogens is 3. The van der Waals surface area contributed by atoms with Gasteiger partial charge in [-0.2, -0.15) is 0 Å². The summed E-state index contributed by atoms with van der Waals surface area (Å²) in [6.07, 6.45) is 1.08. The molecule has 0 aliphatic rings. The summed E-state index contributed by atoms with van der Waals surface area (Å²) in [6.45, 7) is 1.79. The Labute approximate surface area is 123 Å². The molecule has 0 amide bonds. The number of fused-ring (bicyclic) bond motifs is 1. The van der Waals surface area contributed by atoms with Crippen molar-refractivity contribution in [3.8, 4) is 11.1 Å². The van der Waals surface area contributed by atoms with Crippen LogP contribution in [0.4, 0.5) is 0 Å². The van der Waals surface area contributed by atoms with Crippen molar-refractivity contribution >= 4 is 23.2 Å². The van der Waals surface area contributed by atoms with Crippen LogP contribution in [0.15, 0.2) is 35.3 Å². The molecule has 0 atom stereocenters. The molecule has 1 aromatic carbocycles. The minimum absolute atomic E-state index is 0.378. The van der Waals surface area contributed by atoms with Gasteiger partial charge in [0.1, 0.15) is 5.56 Å². The summed E-state index contributed by atoms with van der Waals surface area (Å²) >= 11 is 5.87. The highest BCUT2D eigenvalue weighted by Crippen LogP contribution is 2.27. The lowest BCUT2D eigenvalue weighted by Crippen LogP contribution is -2.22. The van der Waals surface area contributed by atoms with Gasteiger partial charge < -0.3 is 5.11 Å². The maximum Gasteiger partial charge on any atom is 0.343 e. The molecule has 2 aromatic heterocycles. The van der Waals surface area contributed by atoms with Crippen molar-refractivity contribution < 1.29 is 9.90 Å². The Hall–Kier alpha value is -2.60. The second kappa shape index (κ2) is 4.75. The third-order valence-electron chi connectivity index (χ3n) is 3.20. The number of aromatic amines is 1. The lowest BCUT2D eigenvalue weighted by Gasteiger charge is -2.01. The Morgan fingerprint density at radius 2 is 2.00 bits per heavy atom. The number of carboxylic acids is 1. The van der Waals surface area contributed by atoms with Gasteiger partial charge in [0.25, 0.3) is 5.56 Å². The molecular formula is C14H10ClN3O3. The van der Waals surface area contributed by atoms with E-state index in [2.05, 4.69) is 10.1 Å². The van der Waals surface area contributed by atoms with Gasteiger partial charge in [0.15, 0.2) is 5.65 Å². The number of nitrogens with zero attached hydrogens (tertiary/aromatic N) is 2. The fraction of sp³-hybridized carbons (Fsp3) is 0.0714. The lowest BCUT2D eigenvalue weighted by atomic mass is 10.1. The van der Waals surface area contributed by atoms with Crippen molar-refractivity contribution in [3.63, 3.8) is 0 Å². The number of H-pyrrole nitrogens is 1. The zero-order valence-electron chi connectivity index (χ0n) is 10.9. The minimum atomic E-state index is -1.30. The molecule has 6 nitrogen and oxygen atoms in total. The van der Waals surface area contributed by atoms with E-state index in [-0.39, 0.29) is 5.56 Å². The van der Waals surface area contributed by atoms with E-state index in [1.54, 1.807) is 19.1 Å². The number of carboxylic acid groups (broad SMARTS) is 1. The van der Waals surface area contributed by atoms with Crippen molar-refractivity contribution in [2.45, 2.75) is 6.92 Å². The fourth-order valence-corrected chi connectivity index (χ4v) is 2.36. The van der Waals surface area contributed by atoms with Gasteiger partial charge in [-0.25, -0.2) is 14.3 Å². The molecule has 3 rings (SSSR count). The van der Waals surface area contributed by atoms with Crippen LogP contribution in [0.5, 0.6) is 0 Å². The van der Waals surface area contributed by atoms with Crippen LogP contribution in [-0.2, 0) is 0 Å². The third kappa shape index (κ3) is 2.09. The normalized spacial score (nSPS) is 11.0. The van der Waals surface area contributed by atoms with Crippen molar-refractivity contribution in [2.75, 3.05) is 0 Å². The predicted octanol–water partition coefficient (Wildman–Crippen LogP) is 2.35. The number of aryl methyl sites for hydroxylation is 1. The summed E-state index contributed by atoms with van der Waals surface area (Å²) in [5, 5.41) is 12.4. The lowest BCUT2D eigenvalue weighted by molar-refractivity contribution is 0.0694. The maximum absolute atomic E-state index is 12.1. The van der Waals surface area contributed by atoms with Crippen molar-refractivity contribution in [1.29, 1.82) is 0 Å². The van der Waals surface area contributed by atoms with Gasteiger partial charge >= 0.3 is 5.97 Å². The maximum atomic E-state index is 12.1. The molecule has 21 heavy (non-hydrogen) atoms. The summed E-state index contributed by atoms with van der Waals surface area (Å²) in [4.78, 5) is 27.2. The average Bonchev–Trinajstić information content (AvgIpc) is 2.77. The van der Waals surface area contributed by atoms with E-state index >= 15 is 0 Å². The van der Waals surface area contributed by atoms with Crippen LogP contribution in [0, 0.1) is 6.92 Å². The second-order valence-corrected chi connectivity index (χ2v) is 5.00. The zero-order chi connectivity index (χ0) is 15.1. The highest BCUT2D eigenvalue weighted by atomic mass is 35.5. The molecule has 106 valence electrons. The number of aromatic carboxylic acids is 1. The van der Waals surface area contributed by atoms with E-state index in [0.29, 0.717) is 16.4 Å². The van der Waals surface area contributed by atoms with Gasteiger partial charge in [0.2, 0.25) is 0 Å². The fourth-order valence-electron chi connectivity index (χ4n) is 2.24. The Morgan fingerprint density at radius 1 is 1.33 bits per heavy atom. The summed E-state index contributed by atoms with van der Waals surface area (Å²) < 4.78 is 1.14. The number of hydrogen-bond donors (Lipinski definition) is 2. The molecule has 0 radical (unpaired) electrons. The SMILES string of the molecule is Cc1[nH]n2c(=O)c(C(=O)O)cnc2c1-c1ccc(Cl)cc1. The molecule has 0 saturated heterocycles. The van der Waals surface area contributed by atoms with Gasteiger partial charge in [-0.1, -0.05) is 23.7 Å². The van der Waals surface area contributed by atoms with E-state index in [1.807, 2.05) is 12.1 Å². The van der Waals surface area contributed by atoms with E-state index in [4.69, 9.17) is 16.7 Å². The van der Waals surface area contributed by atoms with Gasteiger partial charge in [-0.05, 0) is 24.6 Å². The number of hydrogen-bond acceptors (Lipinski definition) is 3. The van der Waals surface area contributed by atoms with E-state index in [1.165, 1.54) is 0 Å². The van der Waals surface area contributed by atoms with Crippen LogP contribution in [0.25, 0.3) is 16.8 Å². The first-order chi connectivity index (χ1) is 9.99. The van der Waals surface area contributed by atoms with Crippen LogP contribution < -0.4 is 5.56 Å². The largest absolute Gasteiger partial charge is 0.477 e. The summed E-state index contributed by atoms with van der Waals surface area (Å²) in [5.74, 6) is -1.30. The van der Waals surface area contributed by atoms with Crippen molar-refractivity contribution in [2.24, 2.45) is 0 Å². The number of benzene rings is 1. The Bertz CT molecular complexity index is 910. The molecule has 0 aliphatic heterocycles. The quantitative estimate of drug-likeness (QED) is 0.760. The molecule has 0 spiro atoms. The van der Waals surface area contributed by atoms with Crippen LogP contribution in [-0.4, -0.2) is 25.7 Å². The highest BCUT2D eigenvalue weighted by Gasteiger charge is 2.17. The van der Waals surface area contributed by atoms with E-state index in [9.17, 15) is 9.59 Å². The Balaban J connectivity index is 2.33. The van der Waals surface area contributed by atoms with Crippen LogP contribution >= 0.6 is 11.6 Å². The highest BCUT2D eigenvalue weighted by molar-refractivity contribution is 6.30. The van der Waals surface area contributed by atoms with Gasteiger partial charge in [0.05, 0.1) is 0 Å². The van der Waals surface area contributed by atoms with Gasteiger partial charge in [-0.15, -0.1) is 0 Å². The molecule has 0 unspecified atom stereocenters. The monoisotopic (exact) mass is 303 g/mol. The smallest absolute Gasteiger partial charge is 0.343 e. The molecule has 0 fully saturated rings. The zero-order valence-corrected chi connectivity index (χ0v) is 11.7. The van der Waals surface area contributed by atoms with Gasteiger partial charge in [-0.3, -0.25) is 9.89 Å². The molecule has 0 aliphatic carbocycles. The summed E-state index contributed by atoms with van der Waals surface area (Å²) in [7, 11) is 0. The first-order valence-corrected chi connectivity index (χ1v) is 6.46. The number of halogens is 1. The van der Waals surface area contributed by atoms with Crippen molar-refractivity contribution in [3.05, 3.63) is 57.1 Å². The Kier molecular flexibility index (Phi) is 3.03. The molecular weight excluding hydrogens is 294 g/mol. The number of nitrogens with one attached hydrogen (secondary N) is 1. The molecule has 0 saturated carbocycles. The van der Waals surface area contributed by atoms with Crippen LogP contribution in [0.3, 0.4) is 0 Å². The van der Waals surface area contributed by atoms with Crippen LogP contribution in [0.1, 0.15) is 16.1 Å².